The lowest BCUT2D eigenvalue weighted by Crippen LogP contribution is -1.94. The first kappa shape index (κ1) is 12.9. The molecule has 0 saturated carbocycles. The maximum absolute atomic E-state index is 3.85. The summed E-state index contributed by atoms with van der Waals surface area (Å²) in [6.07, 6.45) is 1.03. The predicted octanol–water partition coefficient (Wildman–Crippen LogP) is 5.89. The number of hydrogen-bond donors (Lipinski definition) is 0. The highest BCUT2D eigenvalue weighted by Gasteiger charge is 2.13. The fraction of sp³-hybridized carbons (Fsp3) is 0.176. The monoisotopic (exact) mass is 330 g/mol. The summed E-state index contributed by atoms with van der Waals surface area (Å²) in [7, 11) is 0. The van der Waals surface area contributed by atoms with Gasteiger partial charge in [0.15, 0.2) is 0 Å². The molecular formula is C17H15BrS. The molecule has 0 amide bonds. The van der Waals surface area contributed by atoms with E-state index < -0.39 is 0 Å². The Morgan fingerprint density at radius 1 is 1.11 bits per heavy atom. The average Bonchev–Trinajstić information content (AvgIpc) is 2.82. The van der Waals surface area contributed by atoms with E-state index in [1.165, 1.54) is 26.8 Å². The van der Waals surface area contributed by atoms with Gasteiger partial charge in [-0.15, -0.1) is 11.3 Å². The summed E-state index contributed by atoms with van der Waals surface area (Å²) in [6, 6.07) is 17.4. The van der Waals surface area contributed by atoms with Gasteiger partial charge in [0.05, 0.1) is 0 Å². The van der Waals surface area contributed by atoms with Gasteiger partial charge in [0.1, 0.15) is 0 Å². The lowest BCUT2D eigenvalue weighted by atomic mass is 10.0. The molecule has 19 heavy (non-hydrogen) atoms. The molecular weight excluding hydrogens is 316 g/mol. The van der Waals surface area contributed by atoms with Crippen LogP contribution in [-0.2, 0) is 6.42 Å². The van der Waals surface area contributed by atoms with Crippen LogP contribution in [0.5, 0.6) is 0 Å². The molecule has 0 N–H and O–H groups in total. The van der Waals surface area contributed by atoms with Crippen LogP contribution in [0.2, 0.25) is 0 Å². The highest BCUT2D eigenvalue weighted by molar-refractivity contribution is 9.09. The standard InChI is InChI=1S/C17H15BrS/c1-12-5-4-6-13(9-12)10-16(18)15-11-19-17-8-3-2-7-14(15)17/h2-9,11,16H,10H2,1H3. The molecule has 1 heterocycles. The molecule has 2 heteroatoms. The molecule has 3 aromatic rings. The van der Waals surface area contributed by atoms with Crippen molar-refractivity contribution in [3.05, 3.63) is 70.6 Å². The van der Waals surface area contributed by atoms with E-state index in [1.54, 1.807) is 0 Å². The van der Waals surface area contributed by atoms with Gasteiger partial charge >= 0.3 is 0 Å². The van der Waals surface area contributed by atoms with Gasteiger partial charge in [0.2, 0.25) is 0 Å². The Balaban J connectivity index is 1.90. The summed E-state index contributed by atoms with van der Waals surface area (Å²) < 4.78 is 1.37. The van der Waals surface area contributed by atoms with Crippen LogP contribution in [0.4, 0.5) is 0 Å². The van der Waals surface area contributed by atoms with Crippen molar-refractivity contribution in [2.45, 2.75) is 18.2 Å². The lowest BCUT2D eigenvalue weighted by Gasteiger charge is -2.10. The highest BCUT2D eigenvalue weighted by atomic mass is 79.9. The summed E-state index contributed by atoms with van der Waals surface area (Å²) in [6.45, 7) is 2.15. The van der Waals surface area contributed by atoms with Crippen molar-refractivity contribution < 1.29 is 0 Å². The smallest absolute Gasteiger partial charge is 0.0450 e. The summed E-state index contributed by atoms with van der Waals surface area (Å²) in [5.41, 5.74) is 4.12. The van der Waals surface area contributed by atoms with Crippen LogP contribution >= 0.6 is 27.3 Å². The van der Waals surface area contributed by atoms with Gasteiger partial charge in [-0.2, -0.15) is 0 Å². The van der Waals surface area contributed by atoms with Crippen LogP contribution in [0.1, 0.15) is 21.5 Å². The third kappa shape index (κ3) is 2.75. The van der Waals surface area contributed by atoms with Crippen LogP contribution < -0.4 is 0 Å². The molecule has 1 unspecified atom stereocenters. The Morgan fingerprint density at radius 2 is 1.95 bits per heavy atom. The molecule has 96 valence electrons. The molecule has 0 aliphatic heterocycles. The minimum atomic E-state index is 0.380. The van der Waals surface area contributed by atoms with Crippen molar-refractivity contribution >= 4 is 37.4 Å². The Bertz CT molecular complexity index is 699. The van der Waals surface area contributed by atoms with Crippen LogP contribution in [0, 0.1) is 6.92 Å². The molecule has 0 radical (unpaired) electrons. The molecule has 0 saturated heterocycles. The van der Waals surface area contributed by atoms with Crippen LogP contribution in [-0.4, -0.2) is 0 Å². The Morgan fingerprint density at radius 3 is 2.79 bits per heavy atom. The van der Waals surface area contributed by atoms with Crippen LogP contribution in [0.25, 0.3) is 10.1 Å². The van der Waals surface area contributed by atoms with Gasteiger partial charge in [-0.25, -0.2) is 0 Å². The molecule has 3 rings (SSSR count). The number of benzene rings is 2. The van der Waals surface area contributed by atoms with E-state index >= 15 is 0 Å². The van der Waals surface area contributed by atoms with Crippen molar-refractivity contribution in [1.82, 2.24) is 0 Å². The Labute approximate surface area is 126 Å². The lowest BCUT2D eigenvalue weighted by molar-refractivity contribution is 0.959. The molecule has 2 aromatic carbocycles. The fourth-order valence-electron chi connectivity index (χ4n) is 2.40. The number of halogens is 1. The van der Waals surface area contributed by atoms with Crippen molar-refractivity contribution in [2.75, 3.05) is 0 Å². The second-order valence-electron chi connectivity index (χ2n) is 4.85. The Hall–Kier alpha value is -1.12. The molecule has 0 spiro atoms. The molecule has 0 aliphatic carbocycles. The predicted molar refractivity (Wildman–Crippen MR) is 88.4 cm³/mol. The van der Waals surface area contributed by atoms with Gasteiger partial charge in [0.25, 0.3) is 0 Å². The quantitative estimate of drug-likeness (QED) is 0.525. The van der Waals surface area contributed by atoms with Crippen molar-refractivity contribution in [1.29, 1.82) is 0 Å². The zero-order chi connectivity index (χ0) is 13.2. The third-order valence-corrected chi connectivity index (χ3v) is 5.14. The van der Waals surface area contributed by atoms with Crippen molar-refractivity contribution in [3.8, 4) is 0 Å². The zero-order valence-electron chi connectivity index (χ0n) is 10.8. The van der Waals surface area contributed by atoms with Gasteiger partial charge in [-0.05, 0) is 41.3 Å². The number of alkyl halides is 1. The molecule has 0 bridgehead atoms. The minimum Gasteiger partial charge on any atom is -0.143 e. The minimum absolute atomic E-state index is 0.380. The van der Waals surface area contributed by atoms with E-state index in [0.717, 1.165) is 6.42 Å². The largest absolute Gasteiger partial charge is 0.143 e. The van der Waals surface area contributed by atoms with Crippen molar-refractivity contribution in [2.24, 2.45) is 0 Å². The van der Waals surface area contributed by atoms with E-state index in [2.05, 4.69) is 76.8 Å². The molecule has 0 nitrogen and oxygen atoms in total. The van der Waals surface area contributed by atoms with E-state index in [9.17, 15) is 0 Å². The van der Waals surface area contributed by atoms with E-state index in [0.29, 0.717) is 4.83 Å². The van der Waals surface area contributed by atoms with Crippen molar-refractivity contribution in [3.63, 3.8) is 0 Å². The Kier molecular flexibility index (Phi) is 3.72. The van der Waals surface area contributed by atoms with Gasteiger partial charge in [-0.3, -0.25) is 0 Å². The number of thiophene rings is 1. The molecule has 0 fully saturated rings. The maximum atomic E-state index is 3.85. The summed E-state index contributed by atoms with van der Waals surface area (Å²) in [5, 5.41) is 3.65. The number of hydrogen-bond acceptors (Lipinski definition) is 1. The topological polar surface area (TPSA) is 0 Å². The SMILES string of the molecule is Cc1cccc(CC(Br)c2csc3ccccc23)c1. The van der Waals surface area contributed by atoms with E-state index in [1.807, 2.05) is 11.3 Å². The summed E-state index contributed by atoms with van der Waals surface area (Å²) in [4.78, 5) is 0.380. The normalized spacial score (nSPS) is 12.7. The van der Waals surface area contributed by atoms with Gasteiger partial charge in [-0.1, -0.05) is 64.0 Å². The summed E-state index contributed by atoms with van der Waals surface area (Å²) in [5.74, 6) is 0. The van der Waals surface area contributed by atoms with Gasteiger partial charge < -0.3 is 0 Å². The summed E-state index contributed by atoms with van der Waals surface area (Å²) >= 11 is 5.68. The highest BCUT2D eigenvalue weighted by Crippen LogP contribution is 2.36. The van der Waals surface area contributed by atoms with Gasteiger partial charge in [0, 0.05) is 9.53 Å². The first-order valence-corrected chi connectivity index (χ1v) is 8.19. The number of rotatable bonds is 3. The third-order valence-electron chi connectivity index (χ3n) is 3.35. The second-order valence-corrected chi connectivity index (χ2v) is 6.86. The van der Waals surface area contributed by atoms with Crippen LogP contribution in [0.15, 0.2) is 53.9 Å². The van der Waals surface area contributed by atoms with E-state index in [-0.39, 0.29) is 0 Å². The molecule has 0 aliphatic rings. The number of aryl methyl sites for hydroxylation is 1. The number of fused-ring (bicyclic) bond motifs is 1. The first-order chi connectivity index (χ1) is 9.24. The van der Waals surface area contributed by atoms with Crippen LogP contribution in [0.3, 0.4) is 0 Å². The molecule has 1 aromatic heterocycles. The fourth-order valence-corrected chi connectivity index (χ4v) is 4.34. The average molecular weight is 331 g/mol. The van der Waals surface area contributed by atoms with E-state index in [4.69, 9.17) is 0 Å². The molecule has 1 atom stereocenters. The maximum Gasteiger partial charge on any atom is 0.0450 e. The first-order valence-electron chi connectivity index (χ1n) is 6.40. The second kappa shape index (κ2) is 5.48. The zero-order valence-corrected chi connectivity index (χ0v) is 13.2.